The van der Waals surface area contributed by atoms with Gasteiger partial charge in [-0.15, -0.1) is 0 Å². The van der Waals surface area contributed by atoms with E-state index in [-0.39, 0.29) is 12.1 Å². The summed E-state index contributed by atoms with van der Waals surface area (Å²) in [4.78, 5) is 16.7. The van der Waals surface area contributed by atoms with Crippen molar-refractivity contribution < 1.29 is 9.53 Å². The first-order valence-electron chi connectivity index (χ1n) is 10.7. The maximum atomic E-state index is 12.3. The van der Waals surface area contributed by atoms with E-state index in [1.165, 1.54) is 6.42 Å². The first-order chi connectivity index (χ1) is 14.1. The maximum absolute atomic E-state index is 12.3. The van der Waals surface area contributed by atoms with Crippen molar-refractivity contribution in [3.8, 4) is 11.8 Å². The molecule has 2 aliphatic rings. The van der Waals surface area contributed by atoms with Gasteiger partial charge in [0.15, 0.2) is 0 Å². The van der Waals surface area contributed by atoms with E-state index in [0.29, 0.717) is 24.0 Å². The first kappa shape index (κ1) is 21.4. The zero-order chi connectivity index (χ0) is 20.6. The van der Waals surface area contributed by atoms with Crippen LogP contribution in [-0.2, 0) is 0 Å². The summed E-state index contributed by atoms with van der Waals surface area (Å²) < 4.78 is 5.75. The van der Waals surface area contributed by atoms with Gasteiger partial charge < -0.3 is 25.6 Å². The third-order valence-electron chi connectivity index (χ3n) is 5.70. The molecule has 3 N–H and O–H groups in total. The molecule has 7 nitrogen and oxygen atoms in total. The average Bonchev–Trinajstić information content (AvgIpc) is 2.71. The Bertz CT molecular complexity index is 688. The highest BCUT2D eigenvalue weighted by atomic mass is 16.5. The summed E-state index contributed by atoms with van der Waals surface area (Å²) in [5, 5.41) is 11.8. The van der Waals surface area contributed by atoms with Gasteiger partial charge in [-0.2, -0.15) is 5.26 Å². The van der Waals surface area contributed by atoms with Crippen molar-refractivity contribution in [1.82, 2.24) is 15.1 Å². The molecule has 0 aromatic heterocycles. The number of piperidine rings is 2. The molecule has 1 aromatic carbocycles. The number of nitrogens with zero attached hydrogens (tertiary/aromatic N) is 3. The van der Waals surface area contributed by atoms with Crippen molar-refractivity contribution in [2.24, 2.45) is 17.6 Å². The maximum Gasteiger partial charge on any atom is 0.317 e. The van der Waals surface area contributed by atoms with Crippen LogP contribution in [0.4, 0.5) is 4.79 Å². The van der Waals surface area contributed by atoms with Crippen LogP contribution in [0.5, 0.6) is 5.75 Å². The summed E-state index contributed by atoms with van der Waals surface area (Å²) in [5.41, 5.74) is 6.99. The molecule has 7 heteroatoms. The lowest BCUT2D eigenvalue weighted by atomic mass is 9.84. The van der Waals surface area contributed by atoms with E-state index in [1.54, 1.807) is 12.1 Å². The molecule has 1 aromatic rings. The molecule has 3 unspecified atom stereocenters. The Morgan fingerprint density at radius 2 is 1.97 bits per heavy atom. The molecule has 0 radical (unpaired) electrons. The number of urea groups is 1. The number of nitriles is 1. The third-order valence-corrected chi connectivity index (χ3v) is 5.70. The summed E-state index contributed by atoms with van der Waals surface area (Å²) >= 11 is 0. The minimum Gasteiger partial charge on any atom is -0.494 e. The van der Waals surface area contributed by atoms with Gasteiger partial charge in [0.1, 0.15) is 5.75 Å². The molecular formula is C22H33N5O2. The average molecular weight is 400 g/mol. The fraction of sp³-hybridized carbons (Fsp3) is 0.636. The highest BCUT2D eigenvalue weighted by molar-refractivity contribution is 5.74. The Hall–Kier alpha value is -2.30. The molecule has 158 valence electrons. The van der Waals surface area contributed by atoms with E-state index in [0.717, 1.165) is 57.9 Å². The summed E-state index contributed by atoms with van der Waals surface area (Å²) in [5.74, 6) is 1.85. The molecule has 3 rings (SSSR count). The molecule has 2 fully saturated rings. The number of carbonyl (C=O) groups excluding carboxylic acids is 1. The SMILES string of the molecule is CCCNC(=O)N1CC2CC(CN(CC(N)CCOc3ccc(C#N)cc3)C2)C1. The van der Waals surface area contributed by atoms with Crippen molar-refractivity contribution in [2.75, 3.05) is 45.9 Å². The molecule has 0 spiro atoms. The number of likely N-dealkylation sites (tertiary alicyclic amines) is 2. The van der Waals surface area contributed by atoms with Crippen LogP contribution in [0.3, 0.4) is 0 Å². The number of nitrogens with one attached hydrogen (secondary N) is 1. The van der Waals surface area contributed by atoms with Crippen LogP contribution in [0.15, 0.2) is 24.3 Å². The zero-order valence-corrected chi connectivity index (χ0v) is 17.3. The number of ether oxygens (including phenoxy) is 1. The Morgan fingerprint density at radius 1 is 1.28 bits per heavy atom. The minimum absolute atomic E-state index is 0.0659. The smallest absolute Gasteiger partial charge is 0.317 e. The van der Waals surface area contributed by atoms with E-state index >= 15 is 0 Å². The lowest BCUT2D eigenvalue weighted by Crippen LogP contribution is -2.57. The molecule has 2 amide bonds. The van der Waals surface area contributed by atoms with Crippen molar-refractivity contribution >= 4 is 6.03 Å². The van der Waals surface area contributed by atoms with Gasteiger partial charge in [0.2, 0.25) is 0 Å². The van der Waals surface area contributed by atoms with Crippen molar-refractivity contribution in [1.29, 1.82) is 5.26 Å². The largest absolute Gasteiger partial charge is 0.494 e. The van der Waals surface area contributed by atoms with Gasteiger partial charge in [0.25, 0.3) is 0 Å². The Kier molecular flexibility index (Phi) is 7.73. The number of carbonyl (C=O) groups is 1. The standard InChI is InChI=1S/C22H33N5O2/c1-2-8-25-22(28)27-14-18-10-19(15-27)13-26(12-18)16-20(24)7-9-29-21-5-3-17(11-23)4-6-21/h3-6,18-20H,2,7-10,12-16,24H2,1H3,(H,25,28). The Balaban J connectivity index is 1.38. The van der Waals surface area contributed by atoms with Crippen LogP contribution in [0.1, 0.15) is 31.7 Å². The van der Waals surface area contributed by atoms with E-state index in [9.17, 15) is 4.79 Å². The quantitative estimate of drug-likeness (QED) is 0.697. The molecule has 0 aliphatic carbocycles. The summed E-state index contributed by atoms with van der Waals surface area (Å²) in [6.07, 6.45) is 2.97. The highest BCUT2D eigenvalue weighted by Crippen LogP contribution is 2.28. The predicted molar refractivity (Wildman–Crippen MR) is 113 cm³/mol. The molecule has 2 heterocycles. The monoisotopic (exact) mass is 399 g/mol. The van der Waals surface area contributed by atoms with Crippen molar-refractivity contribution in [2.45, 2.75) is 32.2 Å². The third kappa shape index (κ3) is 6.34. The number of benzene rings is 1. The predicted octanol–water partition coefficient (Wildman–Crippen LogP) is 2.03. The summed E-state index contributed by atoms with van der Waals surface area (Å²) in [6.45, 7) is 7.97. The van der Waals surface area contributed by atoms with Gasteiger partial charge in [-0.05, 0) is 55.4 Å². The second kappa shape index (κ2) is 10.5. The number of rotatable bonds is 8. The van der Waals surface area contributed by atoms with Gasteiger partial charge in [0.05, 0.1) is 18.2 Å². The summed E-state index contributed by atoms with van der Waals surface area (Å²) in [7, 11) is 0. The minimum atomic E-state index is 0.0659. The molecule has 0 saturated carbocycles. The Morgan fingerprint density at radius 3 is 2.59 bits per heavy atom. The van der Waals surface area contributed by atoms with Crippen LogP contribution < -0.4 is 15.8 Å². The number of nitrogens with two attached hydrogens (primary N) is 1. The van der Waals surface area contributed by atoms with Gasteiger partial charge in [-0.3, -0.25) is 0 Å². The van der Waals surface area contributed by atoms with E-state index in [4.69, 9.17) is 15.7 Å². The van der Waals surface area contributed by atoms with E-state index < -0.39 is 0 Å². The van der Waals surface area contributed by atoms with E-state index in [2.05, 4.69) is 23.2 Å². The topological polar surface area (TPSA) is 94.6 Å². The molecule has 29 heavy (non-hydrogen) atoms. The highest BCUT2D eigenvalue weighted by Gasteiger charge is 2.36. The van der Waals surface area contributed by atoms with Crippen LogP contribution >= 0.6 is 0 Å². The lowest BCUT2D eigenvalue weighted by Gasteiger charge is -2.46. The lowest BCUT2D eigenvalue weighted by molar-refractivity contribution is 0.0428. The number of hydrogen-bond acceptors (Lipinski definition) is 5. The van der Waals surface area contributed by atoms with E-state index in [1.807, 2.05) is 17.0 Å². The van der Waals surface area contributed by atoms with Gasteiger partial charge in [0, 0.05) is 45.3 Å². The molecule has 3 atom stereocenters. The molecule has 2 bridgehead atoms. The zero-order valence-electron chi connectivity index (χ0n) is 17.3. The van der Waals surface area contributed by atoms with Gasteiger partial charge >= 0.3 is 6.03 Å². The second-order valence-electron chi connectivity index (χ2n) is 8.36. The first-order valence-corrected chi connectivity index (χ1v) is 10.7. The number of hydrogen-bond donors (Lipinski definition) is 2. The molecule has 2 saturated heterocycles. The van der Waals surface area contributed by atoms with Crippen LogP contribution in [-0.4, -0.2) is 67.7 Å². The van der Waals surface area contributed by atoms with Crippen LogP contribution in [0.2, 0.25) is 0 Å². The van der Waals surface area contributed by atoms with Gasteiger partial charge in [-0.25, -0.2) is 4.79 Å². The Labute approximate surface area is 173 Å². The normalized spacial score (nSPS) is 22.6. The molecular weight excluding hydrogens is 366 g/mol. The fourth-order valence-electron chi connectivity index (χ4n) is 4.42. The van der Waals surface area contributed by atoms with Gasteiger partial charge in [-0.1, -0.05) is 6.92 Å². The fourth-order valence-corrected chi connectivity index (χ4v) is 4.42. The van der Waals surface area contributed by atoms with Crippen molar-refractivity contribution in [3.05, 3.63) is 29.8 Å². The number of amides is 2. The van der Waals surface area contributed by atoms with Crippen LogP contribution in [0.25, 0.3) is 0 Å². The van der Waals surface area contributed by atoms with Crippen molar-refractivity contribution in [3.63, 3.8) is 0 Å². The number of fused-ring (bicyclic) bond motifs is 2. The second-order valence-corrected chi connectivity index (χ2v) is 8.36. The molecule has 2 aliphatic heterocycles. The summed E-state index contributed by atoms with van der Waals surface area (Å²) in [6, 6.07) is 9.41. The van der Waals surface area contributed by atoms with Crippen LogP contribution in [0, 0.1) is 23.2 Å².